The molecule has 1 aromatic heterocycles. The fourth-order valence-corrected chi connectivity index (χ4v) is 2.02. The van der Waals surface area contributed by atoms with Crippen LogP contribution in [0.15, 0.2) is 18.2 Å². The number of carbonyl (C=O) groups is 3. The number of aromatic nitrogens is 1. The molecule has 2 amide bonds. The van der Waals surface area contributed by atoms with Gasteiger partial charge in [0.05, 0.1) is 18.8 Å². The summed E-state index contributed by atoms with van der Waals surface area (Å²) in [6.45, 7) is 2.53. The third-order valence-electron chi connectivity index (χ3n) is 3.12. The number of hydrogen-bond acceptors (Lipinski definition) is 4. The number of aromatic carboxylic acids is 1. The van der Waals surface area contributed by atoms with E-state index < -0.39 is 5.97 Å². The summed E-state index contributed by atoms with van der Waals surface area (Å²) in [7, 11) is 0. The Balaban J connectivity index is 2.10. The molecule has 106 valence electrons. The number of piperazine rings is 1. The van der Waals surface area contributed by atoms with Crippen LogP contribution in [-0.4, -0.2) is 57.3 Å². The van der Waals surface area contributed by atoms with Crippen LogP contribution >= 0.6 is 0 Å². The van der Waals surface area contributed by atoms with Gasteiger partial charge in [-0.3, -0.25) is 9.59 Å². The van der Waals surface area contributed by atoms with Crippen LogP contribution in [0.1, 0.15) is 23.1 Å². The summed E-state index contributed by atoms with van der Waals surface area (Å²) in [6, 6.07) is 4.59. The highest BCUT2D eigenvalue weighted by atomic mass is 16.4. The van der Waals surface area contributed by atoms with Gasteiger partial charge in [0.25, 0.3) is 0 Å². The molecule has 2 heterocycles. The number of carboxylic acids is 1. The zero-order valence-electron chi connectivity index (χ0n) is 11.1. The summed E-state index contributed by atoms with van der Waals surface area (Å²) in [5.41, 5.74) is 0.379. The van der Waals surface area contributed by atoms with Crippen molar-refractivity contribution >= 4 is 17.8 Å². The Labute approximate surface area is 115 Å². The van der Waals surface area contributed by atoms with E-state index in [-0.39, 0.29) is 37.1 Å². The predicted molar refractivity (Wildman–Crippen MR) is 68.9 cm³/mol. The zero-order chi connectivity index (χ0) is 14.7. The number of rotatable bonds is 4. The first kappa shape index (κ1) is 14.0. The number of carbonyl (C=O) groups excluding carboxylic acids is 2. The summed E-state index contributed by atoms with van der Waals surface area (Å²) in [5, 5.41) is 8.87. The Hall–Kier alpha value is -2.44. The number of pyridine rings is 1. The van der Waals surface area contributed by atoms with Crippen LogP contribution in [0.25, 0.3) is 0 Å². The topological polar surface area (TPSA) is 90.8 Å². The smallest absolute Gasteiger partial charge is 0.354 e. The molecule has 1 saturated heterocycles. The fourth-order valence-electron chi connectivity index (χ4n) is 2.02. The first-order valence-corrected chi connectivity index (χ1v) is 6.26. The fraction of sp³-hybridized carbons (Fsp3) is 0.385. The van der Waals surface area contributed by atoms with Gasteiger partial charge in [0.2, 0.25) is 11.8 Å². The molecule has 1 N–H and O–H groups in total. The second-order valence-corrected chi connectivity index (χ2v) is 4.48. The number of carboxylic acid groups (broad SMARTS) is 1. The van der Waals surface area contributed by atoms with E-state index in [1.165, 1.54) is 15.9 Å². The van der Waals surface area contributed by atoms with Gasteiger partial charge >= 0.3 is 5.97 Å². The van der Waals surface area contributed by atoms with E-state index in [0.717, 1.165) is 0 Å². The van der Waals surface area contributed by atoms with Gasteiger partial charge in [-0.2, -0.15) is 0 Å². The lowest BCUT2D eigenvalue weighted by molar-refractivity contribution is -0.150. The van der Waals surface area contributed by atoms with Crippen LogP contribution in [0.4, 0.5) is 0 Å². The molecule has 0 unspecified atom stereocenters. The Bertz CT molecular complexity index is 558. The van der Waals surface area contributed by atoms with E-state index in [9.17, 15) is 14.4 Å². The van der Waals surface area contributed by atoms with Gasteiger partial charge in [-0.1, -0.05) is 6.07 Å². The van der Waals surface area contributed by atoms with Crippen molar-refractivity contribution in [1.29, 1.82) is 0 Å². The van der Waals surface area contributed by atoms with Crippen LogP contribution < -0.4 is 0 Å². The Morgan fingerprint density at radius 2 is 1.90 bits per heavy atom. The molecule has 1 aromatic rings. The summed E-state index contributed by atoms with van der Waals surface area (Å²) >= 11 is 0. The SMILES string of the molecule is CCN1CC(=O)N(Cc2cccc(C(=O)O)n2)CC1=O. The van der Waals surface area contributed by atoms with Crippen molar-refractivity contribution in [3.63, 3.8) is 0 Å². The van der Waals surface area contributed by atoms with Crippen LogP contribution in [0.5, 0.6) is 0 Å². The van der Waals surface area contributed by atoms with Crippen molar-refractivity contribution < 1.29 is 19.5 Å². The number of nitrogens with zero attached hydrogens (tertiary/aromatic N) is 3. The van der Waals surface area contributed by atoms with Crippen LogP contribution in [0, 0.1) is 0 Å². The molecule has 0 aliphatic carbocycles. The average Bonchev–Trinajstić information content (AvgIpc) is 2.42. The quantitative estimate of drug-likeness (QED) is 0.834. The van der Waals surface area contributed by atoms with Crippen molar-refractivity contribution in [3.05, 3.63) is 29.6 Å². The van der Waals surface area contributed by atoms with Gasteiger partial charge in [-0.15, -0.1) is 0 Å². The highest BCUT2D eigenvalue weighted by molar-refractivity contribution is 5.92. The number of amides is 2. The molecule has 7 nitrogen and oxygen atoms in total. The molecule has 7 heteroatoms. The van der Waals surface area contributed by atoms with Crippen molar-refractivity contribution in [3.8, 4) is 0 Å². The predicted octanol–water partition coefficient (Wildman–Crippen LogP) is -0.0295. The lowest BCUT2D eigenvalue weighted by atomic mass is 10.2. The third-order valence-corrected chi connectivity index (χ3v) is 3.12. The Kier molecular flexibility index (Phi) is 3.97. The summed E-state index contributed by atoms with van der Waals surface area (Å²) < 4.78 is 0. The highest BCUT2D eigenvalue weighted by Gasteiger charge is 2.29. The minimum absolute atomic E-state index is 0.00561. The Morgan fingerprint density at radius 3 is 2.55 bits per heavy atom. The molecule has 1 aliphatic rings. The van der Waals surface area contributed by atoms with Crippen LogP contribution in [0.2, 0.25) is 0 Å². The second kappa shape index (κ2) is 5.68. The molecule has 0 radical (unpaired) electrons. The molecule has 20 heavy (non-hydrogen) atoms. The van der Waals surface area contributed by atoms with Crippen molar-refractivity contribution in [1.82, 2.24) is 14.8 Å². The monoisotopic (exact) mass is 277 g/mol. The van der Waals surface area contributed by atoms with E-state index in [0.29, 0.717) is 12.2 Å². The summed E-state index contributed by atoms with van der Waals surface area (Å²) in [5.74, 6) is -1.39. The molecule has 0 atom stereocenters. The average molecular weight is 277 g/mol. The third kappa shape index (κ3) is 2.93. The first-order chi connectivity index (χ1) is 9.51. The minimum Gasteiger partial charge on any atom is -0.477 e. The van der Waals surface area contributed by atoms with E-state index in [2.05, 4.69) is 4.98 Å². The molecule has 0 saturated carbocycles. The molecule has 0 spiro atoms. The highest BCUT2D eigenvalue weighted by Crippen LogP contribution is 2.09. The molecule has 1 aliphatic heterocycles. The summed E-state index contributed by atoms with van der Waals surface area (Å²) in [4.78, 5) is 41.3. The maximum Gasteiger partial charge on any atom is 0.354 e. The van der Waals surface area contributed by atoms with E-state index in [4.69, 9.17) is 5.11 Å². The molecular formula is C13H15N3O4. The molecule has 0 bridgehead atoms. The molecule has 2 rings (SSSR count). The Morgan fingerprint density at radius 1 is 1.25 bits per heavy atom. The minimum atomic E-state index is -1.12. The first-order valence-electron chi connectivity index (χ1n) is 6.26. The van der Waals surface area contributed by atoms with E-state index in [1.807, 2.05) is 6.92 Å². The maximum atomic E-state index is 11.9. The van der Waals surface area contributed by atoms with Crippen molar-refractivity contribution in [2.75, 3.05) is 19.6 Å². The lowest BCUT2D eigenvalue weighted by Crippen LogP contribution is -2.53. The largest absolute Gasteiger partial charge is 0.477 e. The van der Waals surface area contributed by atoms with Crippen LogP contribution in [-0.2, 0) is 16.1 Å². The van der Waals surface area contributed by atoms with Crippen LogP contribution in [0.3, 0.4) is 0 Å². The molecular weight excluding hydrogens is 262 g/mol. The second-order valence-electron chi connectivity index (χ2n) is 4.48. The number of hydrogen-bond donors (Lipinski definition) is 1. The number of likely N-dealkylation sites (N-methyl/N-ethyl adjacent to an activating group) is 1. The maximum absolute atomic E-state index is 11.9. The standard InChI is InChI=1S/C13H15N3O4/c1-2-15-7-12(18)16(8-11(15)17)6-9-4-3-5-10(14-9)13(19)20/h3-5H,2,6-8H2,1H3,(H,19,20). The van der Waals surface area contributed by atoms with Gasteiger partial charge in [-0.25, -0.2) is 9.78 Å². The van der Waals surface area contributed by atoms with Gasteiger partial charge in [0.15, 0.2) is 0 Å². The van der Waals surface area contributed by atoms with Crippen molar-refractivity contribution in [2.45, 2.75) is 13.5 Å². The van der Waals surface area contributed by atoms with Gasteiger partial charge in [-0.05, 0) is 19.1 Å². The lowest BCUT2D eigenvalue weighted by Gasteiger charge is -2.33. The van der Waals surface area contributed by atoms with E-state index >= 15 is 0 Å². The molecule has 1 fully saturated rings. The summed E-state index contributed by atoms with van der Waals surface area (Å²) in [6.07, 6.45) is 0. The van der Waals surface area contributed by atoms with Gasteiger partial charge in [0, 0.05) is 6.54 Å². The normalized spacial score (nSPS) is 15.7. The van der Waals surface area contributed by atoms with Gasteiger partial charge in [0.1, 0.15) is 12.2 Å². The molecule has 0 aromatic carbocycles. The van der Waals surface area contributed by atoms with E-state index in [1.54, 1.807) is 12.1 Å². The van der Waals surface area contributed by atoms with Crippen molar-refractivity contribution in [2.24, 2.45) is 0 Å². The van der Waals surface area contributed by atoms with Gasteiger partial charge < -0.3 is 14.9 Å². The zero-order valence-corrected chi connectivity index (χ0v) is 11.1.